The van der Waals surface area contributed by atoms with E-state index < -0.39 is 6.10 Å². The molecule has 0 fully saturated rings. The van der Waals surface area contributed by atoms with Crippen LogP contribution in [0.3, 0.4) is 0 Å². The summed E-state index contributed by atoms with van der Waals surface area (Å²) in [5.74, 6) is 1.58. The van der Waals surface area contributed by atoms with Gasteiger partial charge in [0.15, 0.2) is 0 Å². The van der Waals surface area contributed by atoms with Gasteiger partial charge in [0.25, 0.3) is 0 Å². The first-order valence-electron chi connectivity index (χ1n) is 8.07. The minimum atomic E-state index is -0.620. The molecule has 5 nitrogen and oxygen atoms in total. The van der Waals surface area contributed by atoms with Crippen LogP contribution >= 0.6 is 0 Å². The average Bonchev–Trinajstić information content (AvgIpc) is 3.09. The van der Waals surface area contributed by atoms with Gasteiger partial charge >= 0.3 is 0 Å². The molecule has 1 atom stereocenters. The van der Waals surface area contributed by atoms with Crippen LogP contribution in [0.4, 0.5) is 0 Å². The summed E-state index contributed by atoms with van der Waals surface area (Å²) in [4.78, 5) is 8.37. The first-order chi connectivity index (χ1) is 11.8. The van der Waals surface area contributed by atoms with Crippen LogP contribution in [0.1, 0.15) is 12.5 Å². The minimum Gasteiger partial charge on any atom is -0.491 e. The van der Waals surface area contributed by atoms with Crippen molar-refractivity contribution >= 4 is 0 Å². The van der Waals surface area contributed by atoms with Crippen molar-refractivity contribution in [1.82, 2.24) is 14.5 Å². The van der Waals surface area contributed by atoms with Gasteiger partial charge in [-0.25, -0.2) is 4.98 Å². The zero-order valence-corrected chi connectivity index (χ0v) is 13.7. The van der Waals surface area contributed by atoms with E-state index in [4.69, 9.17) is 4.74 Å². The van der Waals surface area contributed by atoms with Crippen molar-refractivity contribution < 1.29 is 9.84 Å². The monoisotopic (exact) mass is 323 g/mol. The lowest BCUT2D eigenvalue weighted by molar-refractivity contribution is 0.0928. The SMILES string of the molecule is CCc1ccc(OCC(O)Cn2ccnc2-c2ccncc2)cc1. The Morgan fingerprint density at radius 2 is 1.83 bits per heavy atom. The van der Waals surface area contributed by atoms with Crippen LogP contribution in [0, 0.1) is 0 Å². The number of nitrogens with zero attached hydrogens (tertiary/aromatic N) is 3. The molecule has 0 spiro atoms. The van der Waals surface area contributed by atoms with Gasteiger partial charge in [0.1, 0.15) is 24.3 Å². The lowest BCUT2D eigenvalue weighted by atomic mass is 10.2. The van der Waals surface area contributed by atoms with Gasteiger partial charge in [-0.05, 0) is 36.2 Å². The van der Waals surface area contributed by atoms with Gasteiger partial charge in [0.2, 0.25) is 0 Å². The first kappa shape index (κ1) is 16.2. The smallest absolute Gasteiger partial charge is 0.140 e. The molecule has 0 aliphatic rings. The van der Waals surface area contributed by atoms with Crippen molar-refractivity contribution in [2.75, 3.05) is 6.61 Å². The van der Waals surface area contributed by atoms with Crippen molar-refractivity contribution in [3.8, 4) is 17.1 Å². The normalized spacial score (nSPS) is 12.1. The number of aliphatic hydroxyl groups excluding tert-OH is 1. The standard InChI is InChI=1S/C19H21N3O2/c1-2-15-3-5-18(6-4-15)24-14-17(23)13-22-12-11-21-19(22)16-7-9-20-10-8-16/h3-12,17,23H,2,13-14H2,1H3. The fourth-order valence-corrected chi connectivity index (χ4v) is 2.51. The van der Waals surface area contributed by atoms with Crippen molar-refractivity contribution in [3.63, 3.8) is 0 Å². The molecule has 0 bridgehead atoms. The van der Waals surface area contributed by atoms with E-state index in [1.807, 2.05) is 47.2 Å². The second-order valence-corrected chi connectivity index (χ2v) is 5.60. The highest BCUT2D eigenvalue weighted by atomic mass is 16.5. The Hall–Kier alpha value is -2.66. The molecule has 3 aromatic rings. The van der Waals surface area contributed by atoms with Crippen molar-refractivity contribution in [3.05, 3.63) is 66.7 Å². The lowest BCUT2D eigenvalue weighted by Gasteiger charge is -2.15. The quantitative estimate of drug-likeness (QED) is 0.726. The van der Waals surface area contributed by atoms with E-state index in [0.29, 0.717) is 6.54 Å². The molecule has 0 saturated heterocycles. The number of ether oxygens (including phenoxy) is 1. The maximum Gasteiger partial charge on any atom is 0.140 e. The van der Waals surface area contributed by atoms with Gasteiger partial charge in [-0.1, -0.05) is 19.1 Å². The molecule has 2 heterocycles. The number of rotatable bonds is 7. The third-order valence-electron chi connectivity index (χ3n) is 3.84. The molecule has 1 aromatic carbocycles. The van der Waals surface area contributed by atoms with Crippen LogP contribution in [0.15, 0.2) is 61.2 Å². The molecule has 24 heavy (non-hydrogen) atoms. The van der Waals surface area contributed by atoms with Crippen LogP contribution in [-0.4, -0.2) is 32.4 Å². The molecule has 0 aliphatic heterocycles. The summed E-state index contributed by atoms with van der Waals surface area (Å²) in [5, 5.41) is 10.3. The van der Waals surface area contributed by atoms with Crippen LogP contribution in [0.5, 0.6) is 5.75 Å². The molecule has 3 rings (SSSR count). The van der Waals surface area contributed by atoms with E-state index in [1.165, 1.54) is 5.56 Å². The average molecular weight is 323 g/mol. The van der Waals surface area contributed by atoms with Crippen LogP contribution in [0.25, 0.3) is 11.4 Å². The predicted molar refractivity (Wildman–Crippen MR) is 92.8 cm³/mol. The van der Waals surface area contributed by atoms with Gasteiger partial charge in [-0.3, -0.25) is 4.98 Å². The number of pyridine rings is 1. The Balaban J connectivity index is 1.59. The van der Waals surface area contributed by atoms with Crippen LogP contribution in [-0.2, 0) is 13.0 Å². The fourth-order valence-electron chi connectivity index (χ4n) is 2.51. The summed E-state index contributed by atoms with van der Waals surface area (Å²) in [6.07, 6.45) is 7.43. The molecule has 0 amide bonds. The van der Waals surface area contributed by atoms with Gasteiger partial charge < -0.3 is 14.4 Å². The number of benzene rings is 1. The minimum absolute atomic E-state index is 0.236. The maximum absolute atomic E-state index is 10.3. The third kappa shape index (κ3) is 4.00. The van der Waals surface area contributed by atoms with Crippen molar-refractivity contribution in [2.45, 2.75) is 26.0 Å². The summed E-state index contributed by atoms with van der Waals surface area (Å²) < 4.78 is 7.59. The first-order valence-corrected chi connectivity index (χ1v) is 8.07. The molecule has 0 radical (unpaired) electrons. The Kier molecular flexibility index (Phi) is 5.23. The lowest BCUT2D eigenvalue weighted by Crippen LogP contribution is -2.23. The molecular formula is C19H21N3O2. The van der Waals surface area contributed by atoms with E-state index in [2.05, 4.69) is 16.9 Å². The highest BCUT2D eigenvalue weighted by Gasteiger charge is 2.11. The van der Waals surface area contributed by atoms with Crippen molar-refractivity contribution in [2.24, 2.45) is 0 Å². The Labute approximate surface area is 141 Å². The number of hydrogen-bond acceptors (Lipinski definition) is 4. The number of aryl methyl sites for hydroxylation is 1. The molecule has 124 valence electrons. The highest BCUT2D eigenvalue weighted by Crippen LogP contribution is 2.17. The van der Waals surface area contributed by atoms with E-state index in [9.17, 15) is 5.11 Å². The molecule has 0 aliphatic carbocycles. The maximum atomic E-state index is 10.3. The summed E-state index contributed by atoms with van der Waals surface area (Å²) in [5.41, 5.74) is 2.24. The number of aromatic nitrogens is 3. The van der Waals surface area contributed by atoms with Crippen molar-refractivity contribution in [1.29, 1.82) is 0 Å². The van der Waals surface area contributed by atoms with Gasteiger partial charge in [0.05, 0.1) is 6.54 Å². The molecule has 2 aromatic heterocycles. The molecule has 1 N–H and O–H groups in total. The zero-order valence-electron chi connectivity index (χ0n) is 13.7. The Morgan fingerprint density at radius 3 is 2.54 bits per heavy atom. The third-order valence-corrected chi connectivity index (χ3v) is 3.84. The van der Waals surface area contributed by atoms with Crippen LogP contribution < -0.4 is 4.74 Å². The van der Waals surface area contributed by atoms with Gasteiger partial charge in [0, 0.05) is 30.4 Å². The largest absolute Gasteiger partial charge is 0.491 e. The zero-order chi connectivity index (χ0) is 16.8. The predicted octanol–water partition coefficient (Wildman–Crippen LogP) is 2.95. The topological polar surface area (TPSA) is 60.2 Å². The Morgan fingerprint density at radius 1 is 1.08 bits per heavy atom. The summed E-state index contributed by atoms with van der Waals surface area (Å²) in [6, 6.07) is 11.8. The molecule has 0 saturated carbocycles. The second kappa shape index (κ2) is 7.75. The van der Waals surface area contributed by atoms with Crippen LogP contribution in [0.2, 0.25) is 0 Å². The summed E-state index contributed by atoms with van der Waals surface area (Å²) in [6.45, 7) is 2.77. The number of aliphatic hydroxyl groups is 1. The van der Waals surface area contributed by atoms with Gasteiger partial charge in [-0.15, -0.1) is 0 Å². The highest BCUT2D eigenvalue weighted by molar-refractivity contribution is 5.54. The van der Waals surface area contributed by atoms with Gasteiger partial charge in [-0.2, -0.15) is 0 Å². The number of hydrogen-bond donors (Lipinski definition) is 1. The van der Waals surface area contributed by atoms with E-state index in [0.717, 1.165) is 23.6 Å². The fraction of sp³-hybridized carbons (Fsp3) is 0.263. The second-order valence-electron chi connectivity index (χ2n) is 5.60. The summed E-state index contributed by atoms with van der Waals surface area (Å²) >= 11 is 0. The molecule has 5 heteroatoms. The Bertz CT molecular complexity index is 754. The van der Waals surface area contributed by atoms with E-state index in [1.54, 1.807) is 18.6 Å². The molecule has 1 unspecified atom stereocenters. The van der Waals surface area contributed by atoms with E-state index >= 15 is 0 Å². The number of imidazole rings is 1. The van der Waals surface area contributed by atoms with E-state index in [-0.39, 0.29) is 6.61 Å². The summed E-state index contributed by atoms with van der Waals surface area (Å²) in [7, 11) is 0. The molecular weight excluding hydrogens is 302 g/mol.